The average molecular weight is 346 g/mol. The van der Waals surface area contributed by atoms with Crippen LogP contribution in [0.3, 0.4) is 0 Å². The molecule has 4 aromatic rings. The zero-order chi connectivity index (χ0) is 18.3. The highest BCUT2D eigenvalue weighted by molar-refractivity contribution is 6.06. The predicted molar refractivity (Wildman–Crippen MR) is 102 cm³/mol. The van der Waals surface area contributed by atoms with Crippen LogP contribution >= 0.6 is 0 Å². The van der Waals surface area contributed by atoms with Crippen LogP contribution in [0.1, 0.15) is 23.0 Å². The van der Waals surface area contributed by atoms with Crippen LogP contribution in [0, 0.1) is 0 Å². The smallest absolute Gasteiger partial charge is 0.272 e. The second-order valence-electron chi connectivity index (χ2n) is 6.14. The number of nitrogens with one attached hydrogen (secondary N) is 1. The van der Waals surface area contributed by atoms with Crippen molar-refractivity contribution in [1.29, 1.82) is 0 Å². The van der Waals surface area contributed by atoms with E-state index >= 15 is 0 Å². The standard InChI is InChI=1S/C20H18N4O2/c1-3-13-8-4-5-9-15(13)21-19(25)16-12-14-18(23(16)2)22-17-10-6-7-11-24(17)20(14)26/h4-12H,3H2,1-2H3,(H,21,25). The van der Waals surface area contributed by atoms with E-state index in [1.807, 2.05) is 37.3 Å². The number of rotatable bonds is 3. The van der Waals surface area contributed by atoms with E-state index in [1.54, 1.807) is 36.0 Å². The lowest BCUT2D eigenvalue weighted by atomic mass is 10.1. The molecule has 130 valence electrons. The number of carbonyl (C=O) groups excluding carboxylic acids is 1. The molecule has 0 bridgehead atoms. The summed E-state index contributed by atoms with van der Waals surface area (Å²) in [6, 6.07) is 14.7. The maximum Gasteiger partial charge on any atom is 0.272 e. The molecule has 1 amide bonds. The maximum absolute atomic E-state index is 12.8. The lowest BCUT2D eigenvalue weighted by Crippen LogP contribution is -2.16. The Morgan fingerprint density at radius 3 is 2.73 bits per heavy atom. The summed E-state index contributed by atoms with van der Waals surface area (Å²) in [6.45, 7) is 2.04. The van der Waals surface area contributed by atoms with Gasteiger partial charge in [0.1, 0.15) is 17.0 Å². The van der Waals surface area contributed by atoms with Crippen LogP contribution in [-0.4, -0.2) is 19.9 Å². The normalized spacial score (nSPS) is 11.2. The summed E-state index contributed by atoms with van der Waals surface area (Å²) in [4.78, 5) is 30.0. The first-order valence-electron chi connectivity index (χ1n) is 8.46. The molecule has 26 heavy (non-hydrogen) atoms. The van der Waals surface area contributed by atoms with E-state index in [1.165, 1.54) is 4.40 Å². The second-order valence-corrected chi connectivity index (χ2v) is 6.14. The quantitative estimate of drug-likeness (QED) is 0.620. The fourth-order valence-corrected chi connectivity index (χ4v) is 3.18. The van der Waals surface area contributed by atoms with Gasteiger partial charge in [0.15, 0.2) is 0 Å². The van der Waals surface area contributed by atoms with Crippen LogP contribution in [-0.2, 0) is 13.5 Å². The fourth-order valence-electron chi connectivity index (χ4n) is 3.18. The van der Waals surface area contributed by atoms with Gasteiger partial charge >= 0.3 is 0 Å². The van der Waals surface area contributed by atoms with Crippen molar-refractivity contribution in [3.8, 4) is 0 Å². The summed E-state index contributed by atoms with van der Waals surface area (Å²) in [5.41, 5.74) is 3.09. The minimum absolute atomic E-state index is 0.186. The number of hydrogen-bond acceptors (Lipinski definition) is 3. The molecule has 0 fully saturated rings. The van der Waals surface area contributed by atoms with E-state index in [2.05, 4.69) is 10.3 Å². The van der Waals surface area contributed by atoms with E-state index in [0.29, 0.717) is 22.4 Å². The van der Waals surface area contributed by atoms with E-state index in [0.717, 1.165) is 17.7 Å². The Morgan fingerprint density at radius 2 is 1.92 bits per heavy atom. The lowest BCUT2D eigenvalue weighted by molar-refractivity contribution is 0.101. The molecule has 1 N–H and O–H groups in total. The molecule has 6 heteroatoms. The number of pyridine rings is 1. The molecular weight excluding hydrogens is 328 g/mol. The lowest BCUT2D eigenvalue weighted by Gasteiger charge is -2.10. The third-order valence-corrected chi connectivity index (χ3v) is 4.59. The summed E-state index contributed by atoms with van der Waals surface area (Å²) in [7, 11) is 1.74. The van der Waals surface area contributed by atoms with Crippen molar-refractivity contribution >= 4 is 28.3 Å². The van der Waals surface area contributed by atoms with E-state index < -0.39 is 0 Å². The second kappa shape index (κ2) is 6.15. The first-order valence-corrected chi connectivity index (χ1v) is 8.46. The zero-order valence-electron chi connectivity index (χ0n) is 14.6. The summed E-state index contributed by atoms with van der Waals surface area (Å²) in [6.07, 6.45) is 2.49. The van der Waals surface area contributed by atoms with Gasteiger partial charge in [-0.2, -0.15) is 0 Å². The first-order chi connectivity index (χ1) is 12.6. The van der Waals surface area contributed by atoms with E-state index in [-0.39, 0.29) is 11.5 Å². The number of benzene rings is 1. The Kier molecular flexibility index (Phi) is 3.80. The number of amides is 1. The van der Waals surface area contributed by atoms with Gasteiger partial charge in [0.05, 0.1) is 5.39 Å². The fraction of sp³-hybridized carbons (Fsp3) is 0.150. The highest BCUT2D eigenvalue weighted by Crippen LogP contribution is 2.19. The maximum atomic E-state index is 12.8. The van der Waals surface area contributed by atoms with Gasteiger partial charge in [0.25, 0.3) is 11.5 Å². The molecule has 0 aliphatic carbocycles. The molecule has 4 rings (SSSR count). The van der Waals surface area contributed by atoms with Crippen molar-refractivity contribution in [2.45, 2.75) is 13.3 Å². The van der Waals surface area contributed by atoms with E-state index in [4.69, 9.17) is 0 Å². The van der Waals surface area contributed by atoms with Crippen LogP contribution < -0.4 is 10.9 Å². The van der Waals surface area contributed by atoms with Gasteiger partial charge in [-0.3, -0.25) is 14.0 Å². The highest BCUT2D eigenvalue weighted by atomic mass is 16.2. The number of aryl methyl sites for hydroxylation is 2. The van der Waals surface area contributed by atoms with E-state index in [9.17, 15) is 9.59 Å². The molecule has 1 aromatic carbocycles. The molecule has 6 nitrogen and oxygen atoms in total. The van der Waals surface area contributed by atoms with Crippen molar-refractivity contribution in [3.63, 3.8) is 0 Å². The number of hydrogen-bond donors (Lipinski definition) is 1. The number of carbonyl (C=O) groups is 1. The molecule has 0 radical (unpaired) electrons. The topological polar surface area (TPSA) is 68.4 Å². The molecule has 3 heterocycles. The Morgan fingerprint density at radius 1 is 1.15 bits per heavy atom. The van der Waals surface area contributed by atoms with Crippen LogP contribution in [0.15, 0.2) is 59.5 Å². The summed E-state index contributed by atoms with van der Waals surface area (Å²) in [5.74, 6) is -0.264. The summed E-state index contributed by atoms with van der Waals surface area (Å²) in [5, 5.41) is 3.37. The first kappa shape index (κ1) is 16.1. The SMILES string of the molecule is CCc1ccccc1NC(=O)c1cc2c(=O)n3ccccc3nc2n1C. The van der Waals surface area contributed by atoms with Crippen molar-refractivity contribution in [2.24, 2.45) is 7.05 Å². The number of nitrogens with zero attached hydrogens (tertiary/aromatic N) is 3. The Labute approximate surface area is 149 Å². The number of aromatic nitrogens is 3. The van der Waals surface area contributed by atoms with Crippen LogP contribution in [0.5, 0.6) is 0 Å². The monoisotopic (exact) mass is 346 g/mol. The van der Waals surface area contributed by atoms with Gasteiger partial charge in [-0.1, -0.05) is 31.2 Å². The minimum Gasteiger partial charge on any atom is -0.324 e. The van der Waals surface area contributed by atoms with Crippen LogP contribution in [0.2, 0.25) is 0 Å². The van der Waals surface area contributed by atoms with Crippen molar-refractivity contribution < 1.29 is 4.79 Å². The Hall–Kier alpha value is -3.41. The predicted octanol–water partition coefficient (Wildman–Crippen LogP) is 3.00. The van der Waals surface area contributed by atoms with Gasteiger partial charge < -0.3 is 9.88 Å². The van der Waals surface area contributed by atoms with Gasteiger partial charge in [-0.15, -0.1) is 0 Å². The van der Waals surface area contributed by atoms with Gasteiger partial charge in [-0.05, 0) is 36.2 Å². The molecule has 0 saturated heterocycles. The van der Waals surface area contributed by atoms with Crippen LogP contribution in [0.4, 0.5) is 5.69 Å². The zero-order valence-corrected chi connectivity index (χ0v) is 14.6. The largest absolute Gasteiger partial charge is 0.324 e. The number of para-hydroxylation sites is 1. The van der Waals surface area contributed by atoms with Gasteiger partial charge in [-0.25, -0.2) is 4.98 Å². The molecule has 0 saturated carbocycles. The van der Waals surface area contributed by atoms with Gasteiger partial charge in [0.2, 0.25) is 0 Å². The van der Waals surface area contributed by atoms with Crippen LogP contribution in [0.25, 0.3) is 16.7 Å². The number of anilines is 1. The van der Waals surface area contributed by atoms with Crippen molar-refractivity contribution in [3.05, 3.63) is 76.3 Å². The molecule has 0 aliphatic heterocycles. The third-order valence-electron chi connectivity index (χ3n) is 4.59. The molecule has 0 spiro atoms. The molecule has 0 unspecified atom stereocenters. The molecule has 0 atom stereocenters. The van der Waals surface area contributed by atoms with Gasteiger partial charge in [0, 0.05) is 18.9 Å². The Balaban J connectivity index is 1.83. The third kappa shape index (κ3) is 2.47. The molecule has 3 aromatic heterocycles. The summed E-state index contributed by atoms with van der Waals surface area (Å²) < 4.78 is 3.14. The van der Waals surface area contributed by atoms with Crippen molar-refractivity contribution in [2.75, 3.05) is 5.32 Å². The molecular formula is C20H18N4O2. The molecule has 0 aliphatic rings. The summed E-state index contributed by atoms with van der Waals surface area (Å²) >= 11 is 0. The van der Waals surface area contributed by atoms with Crippen molar-refractivity contribution in [1.82, 2.24) is 14.0 Å². The minimum atomic E-state index is -0.264. The Bertz CT molecular complexity index is 1200. The average Bonchev–Trinajstić information content (AvgIpc) is 3.00. The number of fused-ring (bicyclic) bond motifs is 2. The highest BCUT2D eigenvalue weighted by Gasteiger charge is 2.18.